The van der Waals surface area contributed by atoms with E-state index in [1.807, 2.05) is 0 Å². The summed E-state index contributed by atoms with van der Waals surface area (Å²) < 4.78 is 10.4. The number of carbonyl (C=O) groups is 1. The number of hydrogen-bond donors (Lipinski definition) is 2. The van der Waals surface area contributed by atoms with E-state index in [-0.39, 0.29) is 22.8 Å². The van der Waals surface area contributed by atoms with Gasteiger partial charge < -0.3 is 19.6 Å². The van der Waals surface area contributed by atoms with E-state index in [9.17, 15) is 9.59 Å². The van der Waals surface area contributed by atoms with Crippen molar-refractivity contribution >= 4 is 5.97 Å². The Balaban J connectivity index is 2.40. The molecule has 7 nitrogen and oxygen atoms in total. The number of carboxylic acids is 1. The van der Waals surface area contributed by atoms with E-state index in [1.165, 1.54) is 31.6 Å². The molecule has 0 aliphatic heterocycles. The summed E-state index contributed by atoms with van der Waals surface area (Å²) in [4.78, 5) is 28.1. The van der Waals surface area contributed by atoms with Crippen LogP contribution in [0.5, 0.6) is 17.4 Å². The highest BCUT2D eigenvalue weighted by atomic mass is 16.5. The van der Waals surface area contributed by atoms with Crippen LogP contribution in [0.15, 0.2) is 35.4 Å². The van der Waals surface area contributed by atoms with E-state index in [1.54, 1.807) is 0 Å². The molecule has 7 heteroatoms. The van der Waals surface area contributed by atoms with Crippen molar-refractivity contribution in [2.45, 2.75) is 0 Å². The molecule has 0 aliphatic rings. The van der Waals surface area contributed by atoms with Gasteiger partial charge in [0.2, 0.25) is 5.88 Å². The van der Waals surface area contributed by atoms with Crippen molar-refractivity contribution in [2.75, 3.05) is 7.11 Å². The van der Waals surface area contributed by atoms with Crippen LogP contribution in [0.2, 0.25) is 0 Å². The fraction of sp³-hybridized carbons (Fsp3) is 0.0833. The highest BCUT2D eigenvalue weighted by molar-refractivity contribution is 5.88. The number of aromatic nitrogens is 2. The number of ether oxygens (including phenoxy) is 2. The van der Waals surface area contributed by atoms with Crippen molar-refractivity contribution in [3.05, 3.63) is 46.5 Å². The average molecular weight is 262 g/mol. The third-order valence-corrected chi connectivity index (χ3v) is 2.28. The molecule has 0 atom stereocenters. The van der Waals surface area contributed by atoms with Crippen molar-refractivity contribution in [3.63, 3.8) is 0 Å². The smallest absolute Gasteiger partial charge is 0.335 e. The normalized spacial score (nSPS) is 9.95. The molecule has 0 saturated heterocycles. The highest BCUT2D eigenvalue weighted by Gasteiger charge is 2.11. The van der Waals surface area contributed by atoms with Crippen LogP contribution in [0, 0.1) is 0 Å². The molecule has 0 bridgehead atoms. The van der Waals surface area contributed by atoms with Gasteiger partial charge in [-0.1, -0.05) is 0 Å². The van der Waals surface area contributed by atoms with Crippen LogP contribution in [-0.4, -0.2) is 28.2 Å². The van der Waals surface area contributed by atoms with Crippen LogP contribution < -0.4 is 15.0 Å². The van der Waals surface area contributed by atoms with Crippen LogP contribution in [0.25, 0.3) is 0 Å². The minimum absolute atomic E-state index is 0.0423. The molecule has 98 valence electrons. The topological polar surface area (TPSA) is 102 Å². The number of rotatable bonds is 4. The summed E-state index contributed by atoms with van der Waals surface area (Å²) in [7, 11) is 1.42. The summed E-state index contributed by atoms with van der Waals surface area (Å²) in [6.45, 7) is 0. The zero-order chi connectivity index (χ0) is 13.8. The molecule has 0 amide bonds. The molecule has 2 N–H and O–H groups in total. The zero-order valence-electron chi connectivity index (χ0n) is 9.91. The number of hydrogen-bond acceptors (Lipinski definition) is 5. The van der Waals surface area contributed by atoms with Gasteiger partial charge in [-0.25, -0.2) is 9.78 Å². The molecule has 1 heterocycles. The number of nitrogens with one attached hydrogen (secondary N) is 1. The van der Waals surface area contributed by atoms with E-state index < -0.39 is 5.97 Å². The molecule has 0 spiro atoms. The SMILES string of the molecule is COc1ccc(C(=O)O)cc1Oc1cc(=O)[nH]cn1. The second-order valence-corrected chi connectivity index (χ2v) is 3.52. The lowest BCUT2D eigenvalue weighted by Gasteiger charge is -2.09. The van der Waals surface area contributed by atoms with Gasteiger partial charge in [0.15, 0.2) is 11.5 Å². The molecule has 0 fully saturated rings. The molecule has 19 heavy (non-hydrogen) atoms. The van der Waals surface area contributed by atoms with Gasteiger partial charge in [0.1, 0.15) is 0 Å². The van der Waals surface area contributed by atoms with Gasteiger partial charge in [0.25, 0.3) is 5.56 Å². The average Bonchev–Trinajstić information content (AvgIpc) is 2.38. The number of methoxy groups -OCH3 is 1. The molecule has 2 rings (SSSR count). The number of aromatic carboxylic acids is 1. The number of carboxylic acid groups (broad SMARTS) is 1. The summed E-state index contributed by atoms with van der Waals surface area (Å²) in [5.74, 6) is -0.538. The Morgan fingerprint density at radius 3 is 2.74 bits per heavy atom. The van der Waals surface area contributed by atoms with Gasteiger partial charge in [0.05, 0.1) is 25.1 Å². The van der Waals surface area contributed by atoms with Crippen molar-refractivity contribution < 1.29 is 19.4 Å². The fourth-order valence-corrected chi connectivity index (χ4v) is 1.41. The summed E-state index contributed by atoms with van der Waals surface area (Å²) in [5.41, 5.74) is -0.334. The lowest BCUT2D eigenvalue weighted by molar-refractivity contribution is 0.0696. The number of aromatic amines is 1. The predicted molar refractivity (Wildman–Crippen MR) is 64.9 cm³/mol. The predicted octanol–water partition coefficient (Wildman–Crippen LogP) is 1.27. The van der Waals surface area contributed by atoms with E-state index in [4.69, 9.17) is 14.6 Å². The van der Waals surface area contributed by atoms with E-state index in [2.05, 4.69) is 9.97 Å². The maximum absolute atomic E-state index is 11.1. The zero-order valence-corrected chi connectivity index (χ0v) is 9.91. The Bertz CT molecular complexity index is 665. The van der Waals surface area contributed by atoms with Crippen LogP contribution in [0.1, 0.15) is 10.4 Å². The van der Waals surface area contributed by atoms with Crippen molar-refractivity contribution in [2.24, 2.45) is 0 Å². The molecule has 2 aromatic rings. The first-order valence-corrected chi connectivity index (χ1v) is 5.24. The number of benzene rings is 1. The lowest BCUT2D eigenvalue weighted by Crippen LogP contribution is -2.05. The summed E-state index contributed by atoms with van der Waals surface area (Å²) in [6, 6.07) is 5.29. The first kappa shape index (κ1) is 12.6. The Kier molecular flexibility index (Phi) is 3.46. The third kappa shape index (κ3) is 2.89. The first-order valence-electron chi connectivity index (χ1n) is 5.24. The number of nitrogens with zero attached hydrogens (tertiary/aromatic N) is 1. The van der Waals surface area contributed by atoms with Gasteiger partial charge in [-0.15, -0.1) is 0 Å². The number of H-pyrrole nitrogens is 1. The largest absolute Gasteiger partial charge is 0.493 e. The summed E-state index contributed by atoms with van der Waals surface area (Å²) in [5, 5.41) is 8.92. The van der Waals surface area contributed by atoms with Crippen LogP contribution in [-0.2, 0) is 0 Å². The Morgan fingerprint density at radius 2 is 2.11 bits per heavy atom. The quantitative estimate of drug-likeness (QED) is 0.860. The van der Waals surface area contributed by atoms with E-state index in [0.29, 0.717) is 5.75 Å². The summed E-state index contributed by atoms with van der Waals surface area (Å²) in [6.07, 6.45) is 1.19. The van der Waals surface area contributed by atoms with Crippen molar-refractivity contribution in [3.8, 4) is 17.4 Å². The molecule has 0 saturated carbocycles. The Morgan fingerprint density at radius 1 is 1.32 bits per heavy atom. The lowest BCUT2D eigenvalue weighted by atomic mass is 10.2. The maximum Gasteiger partial charge on any atom is 0.335 e. The second-order valence-electron chi connectivity index (χ2n) is 3.52. The monoisotopic (exact) mass is 262 g/mol. The third-order valence-electron chi connectivity index (χ3n) is 2.28. The van der Waals surface area contributed by atoms with E-state index in [0.717, 1.165) is 6.07 Å². The van der Waals surface area contributed by atoms with Crippen LogP contribution in [0.3, 0.4) is 0 Å². The molecule has 0 unspecified atom stereocenters. The second kappa shape index (κ2) is 5.21. The van der Waals surface area contributed by atoms with Gasteiger partial charge in [-0.2, -0.15) is 0 Å². The highest BCUT2D eigenvalue weighted by Crippen LogP contribution is 2.31. The van der Waals surface area contributed by atoms with E-state index >= 15 is 0 Å². The van der Waals surface area contributed by atoms with Gasteiger partial charge in [0, 0.05) is 0 Å². The van der Waals surface area contributed by atoms with Crippen LogP contribution >= 0.6 is 0 Å². The first-order chi connectivity index (χ1) is 9.10. The fourth-order valence-electron chi connectivity index (χ4n) is 1.41. The Labute approximate surface area is 107 Å². The minimum atomic E-state index is -1.09. The minimum Gasteiger partial charge on any atom is -0.493 e. The molecular weight excluding hydrogens is 252 g/mol. The molecule has 0 radical (unpaired) electrons. The summed E-state index contributed by atoms with van der Waals surface area (Å²) >= 11 is 0. The molecule has 1 aromatic heterocycles. The molecule has 1 aromatic carbocycles. The maximum atomic E-state index is 11.1. The standard InChI is InChI=1S/C12H10N2O5/c1-18-8-3-2-7(12(16)17)4-9(8)19-11-5-10(15)13-6-14-11/h2-6H,1H3,(H,16,17)(H,13,14,15). The Hall–Kier alpha value is -2.83. The van der Waals surface area contributed by atoms with Gasteiger partial charge in [-0.3, -0.25) is 4.79 Å². The molecular formula is C12H10N2O5. The van der Waals surface area contributed by atoms with Crippen molar-refractivity contribution in [1.29, 1.82) is 0 Å². The van der Waals surface area contributed by atoms with Gasteiger partial charge in [-0.05, 0) is 18.2 Å². The molecule has 0 aliphatic carbocycles. The van der Waals surface area contributed by atoms with Crippen LogP contribution in [0.4, 0.5) is 0 Å². The van der Waals surface area contributed by atoms with Gasteiger partial charge >= 0.3 is 5.97 Å². The van der Waals surface area contributed by atoms with Crippen molar-refractivity contribution in [1.82, 2.24) is 9.97 Å².